The van der Waals surface area contributed by atoms with Crippen molar-refractivity contribution in [1.82, 2.24) is 0 Å². The molecule has 0 aliphatic rings. The zero-order valence-corrected chi connectivity index (χ0v) is 11.2. The molecule has 0 unspecified atom stereocenters. The van der Waals surface area contributed by atoms with E-state index in [9.17, 15) is 4.79 Å². The Hall–Kier alpha value is -2.06. The minimum Gasteiger partial charge on any atom is -0.465 e. The van der Waals surface area contributed by atoms with Crippen LogP contribution in [0, 0.1) is 0 Å². The van der Waals surface area contributed by atoms with Gasteiger partial charge < -0.3 is 4.74 Å². The van der Waals surface area contributed by atoms with Crippen LogP contribution in [0.15, 0.2) is 48.5 Å². The van der Waals surface area contributed by atoms with Crippen molar-refractivity contribution in [1.29, 1.82) is 0 Å². The van der Waals surface area contributed by atoms with E-state index in [2.05, 4.69) is 0 Å². The van der Waals surface area contributed by atoms with Gasteiger partial charge in [-0.1, -0.05) is 54.1 Å². The SMILES string of the molecule is COC(=O)c1ccc(Cl)cc1/C=C/c1ccccc1. The lowest BCUT2D eigenvalue weighted by atomic mass is 10.1. The number of rotatable bonds is 3. The van der Waals surface area contributed by atoms with Gasteiger partial charge in [0.05, 0.1) is 12.7 Å². The Morgan fingerprint density at radius 2 is 1.84 bits per heavy atom. The quantitative estimate of drug-likeness (QED) is 0.615. The molecule has 2 nitrogen and oxygen atoms in total. The average Bonchev–Trinajstić information content (AvgIpc) is 2.45. The summed E-state index contributed by atoms with van der Waals surface area (Å²) in [5.41, 5.74) is 2.29. The van der Waals surface area contributed by atoms with E-state index in [1.165, 1.54) is 7.11 Å². The van der Waals surface area contributed by atoms with Gasteiger partial charge in [-0.05, 0) is 29.3 Å². The second-order valence-corrected chi connectivity index (χ2v) is 4.40. The van der Waals surface area contributed by atoms with Crippen molar-refractivity contribution in [2.24, 2.45) is 0 Å². The number of hydrogen-bond acceptors (Lipinski definition) is 2. The van der Waals surface area contributed by atoms with Crippen molar-refractivity contribution in [2.75, 3.05) is 7.11 Å². The maximum absolute atomic E-state index is 11.7. The number of ether oxygens (including phenoxy) is 1. The topological polar surface area (TPSA) is 26.3 Å². The Labute approximate surface area is 117 Å². The van der Waals surface area contributed by atoms with Gasteiger partial charge >= 0.3 is 5.97 Å². The molecular formula is C16H13ClO2. The normalized spacial score (nSPS) is 10.6. The van der Waals surface area contributed by atoms with E-state index < -0.39 is 0 Å². The molecular weight excluding hydrogens is 260 g/mol. The van der Waals surface area contributed by atoms with Crippen LogP contribution in [-0.4, -0.2) is 13.1 Å². The fourth-order valence-corrected chi connectivity index (χ4v) is 1.90. The first kappa shape index (κ1) is 13.4. The maximum atomic E-state index is 11.7. The molecule has 0 radical (unpaired) electrons. The van der Waals surface area contributed by atoms with Crippen molar-refractivity contribution in [3.05, 3.63) is 70.2 Å². The summed E-state index contributed by atoms with van der Waals surface area (Å²) in [6, 6.07) is 14.9. The Balaban J connectivity index is 2.36. The van der Waals surface area contributed by atoms with E-state index in [1.807, 2.05) is 42.5 Å². The highest BCUT2D eigenvalue weighted by Gasteiger charge is 2.09. The molecule has 96 valence electrons. The number of methoxy groups -OCH3 is 1. The van der Waals surface area contributed by atoms with Crippen LogP contribution in [0.25, 0.3) is 12.2 Å². The molecule has 0 heterocycles. The molecule has 0 saturated heterocycles. The summed E-state index contributed by atoms with van der Waals surface area (Å²) < 4.78 is 4.75. The second-order valence-electron chi connectivity index (χ2n) is 3.97. The van der Waals surface area contributed by atoms with Crippen LogP contribution < -0.4 is 0 Å². The maximum Gasteiger partial charge on any atom is 0.338 e. The third kappa shape index (κ3) is 3.46. The smallest absolute Gasteiger partial charge is 0.338 e. The highest BCUT2D eigenvalue weighted by Crippen LogP contribution is 2.19. The first-order valence-corrected chi connectivity index (χ1v) is 6.19. The van der Waals surface area contributed by atoms with Gasteiger partial charge in [0.25, 0.3) is 0 Å². The van der Waals surface area contributed by atoms with Gasteiger partial charge in [0.1, 0.15) is 0 Å². The summed E-state index contributed by atoms with van der Waals surface area (Å²) in [6.07, 6.45) is 3.78. The van der Waals surface area contributed by atoms with Gasteiger partial charge in [-0.2, -0.15) is 0 Å². The zero-order valence-electron chi connectivity index (χ0n) is 10.5. The van der Waals surface area contributed by atoms with E-state index in [0.717, 1.165) is 11.1 Å². The third-order valence-corrected chi connectivity index (χ3v) is 2.91. The molecule has 2 aromatic rings. The third-order valence-electron chi connectivity index (χ3n) is 2.67. The number of carbonyl (C=O) groups excluding carboxylic acids is 1. The van der Waals surface area contributed by atoms with Gasteiger partial charge in [0.2, 0.25) is 0 Å². The number of esters is 1. The number of halogens is 1. The van der Waals surface area contributed by atoms with Crippen LogP contribution in [0.1, 0.15) is 21.5 Å². The summed E-state index contributed by atoms with van der Waals surface area (Å²) in [6.45, 7) is 0. The van der Waals surface area contributed by atoms with Gasteiger partial charge in [-0.25, -0.2) is 4.79 Å². The van der Waals surface area contributed by atoms with Gasteiger partial charge in [0.15, 0.2) is 0 Å². The van der Waals surface area contributed by atoms with E-state index >= 15 is 0 Å². The standard InChI is InChI=1S/C16H13ClO2/c1-19-16(18)15-10-9-14(17)11-13(15)8-7-12-5-3-2-4-6-12/h2-11H,1H3/b8-7+. The highest BCUT2D eigenvalue weighted by molar-refractivity contribution is 6.30. The number of benzene rings is 2. The lowest BCUT2D eigenvalue weighted by Gasteiger charge is -2.04. The lowest BCUT2D eigenvalue weighted by Crippen LogP contribution is -2.03. The van der Waals surface area contributed by atoms with Crippen LogP contribution >= 0.6 is 11.6 Å². The van der Waals surface area contributed by atoms with E-state index in [0.29, 0.717) is 10.6 Å². The predicted molar refractivity (Wildman–Crippen MR) is 78.2 cm³/mol. The van der Waals surface area contributed by atoms with Crippen LogP contribution in [0.4, 0.5) is 0 Å². The Morgan fingerprint density at radius 1 is 1.11 bits per heavy atom. The molecule has 0 fully saturated rings. The summed E-state index contributed by atoms with van der Waals surface area (Å²) in [5, 5.41) is 0.584. The lowest BCUT2D eigenvalue weighted by molar-refractivity contribution is 0.0600. The second kappa shape index (κ2) is 6.21. The molecule has 19 heavy (non-hydrogen) atoms. The monoisotopic (exact) mass is 272 g/mol. The minimum atomic E-state index is -0.371. The first-order chi connectivity index (χ1) is 9.20. The first-order valence-electron chi connectivity index (χ1n) is 5.81. The Morgan fingerprint density at radius 3 is 2.53 bits per heavy atom. The van der Waals surface area contributed by atoms with Crippen molar-refractivity contribution in [3.8, 4) is 0 Å². The molecule has 0 aliphatic heterocycles. The molecule has 0 N–H and O–H groups in total. The number of carbonyl (C=O) groups is 1. The Bertz CT molecular complexity index is 603. The fraction of sp³-hybridized carbons (Fsp3) is 0.0625. The van der Waals surface area contributed by atoms with Crippen LogP contribution in [0.2, 0.25) is 5.02 Å². The molecule has 0 amide bonds. The van der Waals surface area contributed by atoms with Crippen molar-refractivity contribution >= 4 is 29.7 Å². The van der Waals surface area contributed by atoms with Crippen LogP contribution in [0.3, 0.4) is 0 Å². The molecule has 0 atom stereocenters. The number of hydrogen-bond donors (Lipinski definition) is 0. The predicted octanol–water partition coefficient (Wildman–Crippen LogP) is 4.30. The molecule has 2 aromatic carbocycles. The molecule has 3 heteroatoms. The molecule has 0 aromatic heterocycles. The molecule has 0 aliphatic carbocycles. The summed E-state index contributed by atoms with van der Waals surface area (Å²) in [4.78, 5) is 11.7. The van der Waals surface area contributed by atoms with E-state index in [-0.39, 0.29) is 5.97 Å². The average molecular weight is 273 g/mol. The largest absolute Gasteiger partial charge is 0.465 e. The van der Waals surface area contributed by atoms with E-state index in [4.69, 9.17) is 16.3 Å². The zero-order chi connectivity index (χ0) is 13.7. The molecule has 2 rings (SSSR count). The van der Waals surface area contributed by atoms with Crippen LogP contribution in [-0.2, 0) is 4.74 Å². The van der Waals surface area contributed by atoms with E-state index in [1.54, 1.807) is 18.2 Å². The van der Waals surface area contributed by atoms with Gasteiger partial charge in [-0.15, -0.1) is 0 Å². The molecule has 0 saturated carbocycles. The van der Waals surface area contributed by atoms with Crippen LogP contribution in [0.5, 0.6) is 0 Å². The van der Waals surface area contributed by atoms with Crippen molar-refractivity contribution < 1.29 is 9.53 Å². The summed E-state index contributed by atoms with van der Waals surface area (Å²) in [5.74, 6) is -0.371. The Kier molecular flexibility index (Phi) is 4.37. The highest BCUT2D eigenvalue weighted by atomic mass is 35.5. The molecule has 0 bridgehead atoms. The van der Waals surface area contributed by atoms with Crippen molar-refractivity contribution in [2.45, 2.75) is 0 Å². The van der Waals surface area contributed by atoms with Gasteiger partial charge in [-0.3, -0.25) is 0 Å². The fourth-order valence-electron chi connectivity index (χ4n) is 1.72. The molecule has 0 spiro atoms. The van der Waals surface area contributed by atoms with Crippen molar-refractivity contribution in [3.63, 3.8) is 0 Å². The van der Waals surface area contributed by atoms with Gasteiger partial charge in [0, 0.05) is 5.02 Å². The summed E-state index contributed by atoms with van der Waals surface area (Å²) in [7, 11) is 1.36. The minimum absolute atomic E-state index is 0.371. The summed E-state index contributed by atoms with van der Waals surface area (Å²) >= 11 is 5.96.